The van der Waals surface area contributed by atoms with Crippen molar-refractivity contribution in [2.45, 2.75) is 13.0 Å². The van der Waals surface area contributed by atoms with E-state index in [4.69, 9.17) is 11.6 Å². The van der Waals surface area contributed by atoms with E-state index in [9.17, 15) is 13.6 Å². The molecule has 1 amide bonds. The minimum Gasteiger partial charge on any atom is -0.334 e. The first kappa shape index (κ1) is 19.1. The molecule has 3 aromatic rings. The van der Waals surface area contributed by atoms with Crippen LogP contribution in [0.5, 0.6) is 0 Å². The third-order valence-electron chi connectivity index (χ3n) is 4.79. The number of benzene rings is 2. The highest BCUT2D eigenvalue weighted by molar-refractivity contribution is 6.31. The first-order chi connectivity index (χ1) is 14.0. The topological polar surface area (TPSA) is 33.2 Å². The Bertz CT molecular complexity index is 1150. The molecule has 144 valence electrons. The predicted octanol–water partition coefficient (Wildman–Crippen LogP) is 4.61. The van der Waals surface area contributed by atoms with Crippen molar-refractivity contribution in [2.75, 3.05) is 6.54 Å². The van der Waals surface area contributed by atoms with Crippen LogP contribution in [0.4, 0.5) is 8.78 Å². The molecule has 0 saturated heterocycles. The minimum absolute atomic E-state index is 0.0231. The third-order valence-corrected chi connectivity index (χ3v) is 5.12. The van der Waals surface area contributed by atoms with Crippen molar-refractivity contribution in [3.05, 3.63) is 99.3 Å². The van der Waals surface area contributed by atoms with E-state index >= 15 is 0 Å². The zero-order valence-electron chi connectivity index (χ0n) is 15.3. The average molecular weight is 409 g/mol. The second kappa shape index (κ2) is 8.02. The first-order valence-electron chi connectivity index (χ1n) is 9.00. The van der Waals surface area contributed by atoms with Crippen LogP contribution in [-0.2, 0) is 13.0 Å². The van der Waals surface area contributed by atoms with Gasteiger partial charge in [0.15, 0.2) is 0 Å². The van der Waals surface area contributed by atoms with Crippen molar-refractivity contribution >= 4 is 17.5 Å². The van der Waals surface area contributed by atoms with Crippen molar-refractivity contribution in [1.82, 2.24) is 9.88 Å². The minimum atomic E-state index is -0.503. The van der Waals surface area contributed by atoms with Crippen LogP contribution in [0.25, 0.3) is 0 Å². The largest absolute Gasteiger partial charge is 0.334 e. The summed E-state index contributed by atoms with van der Waals surface area (Å²) in [7, 11) is 0. The maximum Gasteiger partial charge on any atom is 0.254 e. The highest BCUT2D eigenvalue weighted by atomic mass is 35.5. The van der Waals surface area contributed by atoms with Crippen LogP contribution in [0, 0.1) is 23.5 Å². The summed E-state index contributed by atoms with van der Waals surface area (Å²) in [5, 5.41) is 0.419. The molecule has 0 aliphatic carbocycles. The van der Waals surface area contributed by atoms with E-state index in [0.29, 0.717) is 34.0 Å². The maximum atomic E-state index is 14.1. The van der Waals surface area contributed by atoms with Gasteiger partial charge < -0.3 is 4.90 Å². The molecule has 0 fully saturated rings. The molecule has 1 aliphatic heterocycles. The van der Waals surface area contributed by atoms with Crippen LogP contribution >= 0.6 is 11.6 Å². The van der Waals surface area contributed by atoms with E-state index in [1.807, 2.05) is 6.07 Å². The lowest BCUT2D eigenvalue weighted by atomic mass is 9.97. The van der Waals surface area contributed by atoms with Crippen molar-refractivity contribution in [2.24, 2.45) is 0 Å². The molecule has 0 N–H and O–H groups in total. The fraction of sp³-hybridized carbons (Fsp3) is 0.130. The van der Waals surface area contributed by atoms with Gasteiger partial charge in [-0.2, -0.15) is 0 Å². The molecule has 29 heavy (non-hydrogen) atoms. The summed E-state index contributed by atoms with van der Waals surface area (Å²) in [5.41, 5.74) is 2.05. The second-order valence-electron chi connectivity index (χ2n) is 6.62. The van der Waals surface area contributed by atoms with E-state index in [-0.39, 0.29) is 24.4 Å². The first-order valence-corrected chi connectivity index (χ1v) is 9.38. The van der Waals surface area contributed by atoms with Gasteiger partial charge in [-0.15, -0.1) is 0 Å². The van der Waals surface area contributed by atoms with E-state index in [0.717, 1.165) is 12.1 Å². The Balaban J connectivity index is 1.60. The molecule has 3 nitrogen and oxygen atoms in total. The van der Waals surface area contributed by atoms with Crippen molar-refractivity contribution in [3.63, 3.8) is 0 Å². The normalized spacial score (nSPS) is 12.7. The quantitative estimate of drug-likeness (QED) is 0.551. The van der Waals surface area contributed by atoms with Gasteiger partial charge in [0, 0.05) is 36.0 Å². The molecule has 1 aliphatic rings. The van der Waals surface area contributed by atoms with E-state index in [1.165, 1.54) is 4.90 Å². The number of nitrogens with zero attached hydrogens (tertiary/aromatic N) is 2. The van der Waals surface area contributed by atoms with Gasteiger partial charge in [0.05, 0.1) is 5.02 Å². The Morgan fingerprint density at radius 3 is 2.59 bits per heavy atom. The molecule has 0 spiro atoms. The molecule has 0 bridgehead atoms. The number of aromatic nitrogens is 1. The van der Waals surface area contributed by atoms with E-state index in [2.05, 4.69) is 16.8 Å². The number of pyridine rings is 1. The molecule has 6 heteroatoms. The molecule has 0 unspecified atom stereocenters. The molecule has 2 aromatic carbocycles. The maximum absolute atomic E-state index is 14.1. The standard InChI is InChI=1S/C23H15ClF2N2O/c24-20-7-5-16(13-15(20)4-6-17-3-1-2-11-27-17)23(29)28-12-10-18-19(14-28)22(26)9-8-21(18)25/h1-3,5,7-9,11,13H,10,12,14H2. The van der Waals surface area contributed by atoms with Gasteiger partial charge in [0.1, 0.15) is 17.3 Å². The van der Waals surface area contributed by atoms with Gasteiger partial charge in [0.25, 0.3) is 5.91 Å². The van der Waals surface area contributed by atoms with Crippen LogP contribution in [0.3, 0.4) is 0 Å². The van der Waals surface area contributed by atoms with Gasteiger partial charge in [-0.05, 0) is 60.4 Å². The monoisotopic (exact) mass is 408 g/mol. The number of halogens is 3. The number of hydrogen-bond acceptors (Lipinski definition) is 2. The summed E-state index contributed by atoms with van der Waals surface area (Å²) in [5.74, 6) is 4.63. The zero-order chi connectivity index (χ0) is 20.4. The second-order valence-corrected chi connectivity index (χ2v) is 7.03. The van der Waals surface area contributed by atoms with Crippen molar-refractivity contribution < 1.29 is 13.6 Å². The number of fused-ring (bicyclic) bond motifs is 1. The average Bonchev–Trinajstić information content (AvgIpc) is 2.76. The summed E-state index contributed by atoms with van der Waals surface area (Å²) in [6, 6.07) is 12.4. The smallest absolute Gasteiger partial charge is 0.254 e. The summed E-state index contributed by atoms with van der Waals surface area (Å²) in [6.45, 7) is 0.332. The number of rotatable bonds is 1. The highest BCUT2D eigenvalue weighted by Crippen LogP contribution is 2.26. The molecule has 4 rings (SSSR count). The Kier molecular flexibility index (Phi) is 5.28. The Labute approximate surface area is 172 Å². The molecular weight excluding hydrogens is 394 g/mol. The predicted molar refractivity (Wildman–Crippen MR) is 106 cm³/mol. The van der Waals surface area contributed by atoms with Gasteiger partial charge in [-0.25, -0.2) is 13.8 Å². The summed E-state index contributed by atoms with van der Waals surface area (Å²) in [6.07, 6.45) is 1.91. The van der Waals surface area contributed by atoms with Crippen molar-refractivity contribution in [1.29, 1.82) is 0 Å². The SMILES string of the molecule is O=C(c1ccc(Cl)c(C#Cc2ccccn2)c1)N1CCc2c(F)ccc(F)c2C1. The number of hydrogen-bond donors (Lipinski definition) is 0. The Morgan fingerprint density at radius 1 is 1.03 bits per heavy atom. The molecule has 0 atom stereocenters. The zero-order valence-corrected chi connectivity index (χ0v) is 16.0. The molecule has 1 aromatic heterocycles. The number of amides is 1. The summed E-state index contributed by atoms with van der Waals surface area (Å²) < 4.78 is 28.0. The fourth-order valence-corrected chi connectivity index (χ4v) is 3.44. The number of carbonyl (C=O) groups is 1. The Hall–Kier alpha value is -3.23. The van der Waals surface area contributed by atoms with Gasteiger partial charge in [-0.3, -0.25) is 4.79 Å². The number of carbonyl (C=O) groups excluding carboxylic acids is 1. The van der Waals surface area contributed by atoms with Gasteiger partial charge in [-0.1, -0.05) is 23.6 Å². The molecule has 0 radical (unpaired) electrons. The third kappa shape index (κ3) is 3.98. The molecule has 2 heterocycles. The highest BCUT2D eigenvalue weighted by Gasteiger charge is 2.26. The van der Waals surface area contributed by atoms with Crippen LogP contribution in [0.1, 0.15) is 32.7 Å². The molecule has 0 saturated carbocycles. The lowest BCUT2D eigenvalue weighted by Crippen LogP contribution is -2.36. The van der Waals surface area contributed by atoms with Crippen LogP contribution in [0.2, 0.25) is 5.02 Å². The fourth-order valence-electron chi connectivity index (χ4n) is 3.27. The van der Waals surface area contributed by atoms with Gasteiger partial charge in [0.2, 0.25) is 0 Å². The van der Waals surface area contributed by atoms with Gasteiger partial charge >= 0.3 is 0 Å². The van der Waals surface area contributed by atoms with E-state index in [1.54, 1.807) is 36.5 Å². The lowest BCUT2D eigenvalue weighted by molar-refractivity contribution is 0.0731. The van der Waals surface area contributed by atoms with E-state index < -0.39 is 11.6 Å². The van der Waals surface area contributed by atoms with Crippen LogP contribution in [-0.4, -0.2) is 22.3 Å². The lowest BCUT2D eigenvalue weighted by Gasteiger charge is -2.29. The summed E-state index contributed by atoms with van der Waals surface area (Å²) in [4.78, 5) is 18.6. The molecular formula is C23H15ClF2N2O. The van der Waals surface area contributed by atoms with Crippen molar-refractivity contribution in [3.8, 4) is 11.8 Å². The Morgan fingerprint density at radius 2 is 1.83 bits per heavy atom. The summed E-state index contributed by atoms with van der Waals surface area (Å²) >= 11 is 6.22. The van der Waals surface area contributed by atoms with Crippen LogP contribution < -0.4 is 0 Å². The van der Waals surface area contributed by atoms with Crippen LogP contribution in [0.15, 0.2) is 54.7 Å².